The summed E-state index contributed by atoms with van der Waals surface area (Å²) in [6.07, 6.45) is 2.03. The summed E-state index contributed by atoms with van der Waals surface area (Å²) in [6, 6.07) is 10.5. The van der Waals surface area contributed by atoms with Gasteiger partial charge in [-0.15, -0.1) is 0 Å². The van der Waals surface area contributed by atoms with Gasteiger partial charge in [0, 0.05) is 16.9 Å². The van der Waals surface area contributed by atoms with Crippen molar-refractivity contribution in [2.45, 2.75) is 0 Å². The van der Waals surface area contributed by atoms with E-state index < -0.39 is 0 Å². The highest BCUT2D eigenvalue weighted by atomic mass is 14.7. The van der Waals surface area contributed by atoms with Crippen LogP contribution in [-0.4, -0.2) is 12.3 Å². The molecule has 0 amide bonds. The molecule has 0 saturated heterocycles. The Morgan fingerprint density at radius 1 is 1.20 bits per heavy atom. The minimum atomic E-state index is 0.864. The van der Waals surface area contributed by atoms with E-state index >= 15 is 0 Å². The fourth-order valence-corrected chi connectivity index (χ4v) is 1.98. The monoisotopic (exact) mass is 194 g/mol. The molecule has 1 aliphatic heterocycles. The minimum absolute atomic E-state index is 0.864. The summed E-state index contributed by atoms with van der Waals surface area (Å²) in [7, 11) is 0.929. The number of benzene rings is 1. The van der Waals surface area contributed by atoms with E-state index in [4.69, 9.17) is 5.73 Å². The van der Waals surface area contributed by atoms with Crippen LogP contribution in [0.1, 0.15) is 5.69 Å². The SMILES string of the molecule is NC1=CBC(c2cc3ccccc3[nH]2)=C1. The van der Waals surface area contributed by atoms with Crippen molar-refractivity contribution >= 4 is 23.7 Å². The molecular formula is C12H11BN2. The Balaban J connectivity index is 2.10. The van der Waals surface area contributed by atoms with Gasteiger partial charge in [-0.25, -0.2) is 0 Å². The molecule has 2 heterocycles. The normalized spacial score (nSPS) is 14.9. The molecule has 1 aliphatic rings. The van der Waals surface area contributed by atoms with Gasteiger partial charge >= 0.3 is 0 Å². The van der Waals surface area contributed by atoms with Crippen LogP contribution in [0, 0.1) is 0 Å². The number of nitrogens with one attached hydrogen (secondary N) is 1. The van der Waals surface area contributed by atoms with E-state index in [1.807, 2.05) is 18.1 Å². The first-order valence-corrected chi connectivity index (χ1v) is 5.07. The first-order valence-electron chi connectivity index (χ1n) is 5.07. The highest BCUT2D eigenvalue weighted by Crippen LogP contribution is 2.23. The zero-order valence-electron chi connectivity index (χ0n) is 8.33. The minimum Gasteiger partial charge on any atom is -0.400 e. The molecule has 2 aromatic rings. The highest BCUT2D eigenvalue weighted by Gasteiger charge is 2.10. The third kappa shape index (κ3) is 1.36. The lowest BCUT2D eigenvalue weighted by atomic mass is 9.71. The van der Waals surface area contributed by atoms with Crippen molar-refractivity contribution < 1.29 is 0 Å². The van der Waals surface area contributed by atoms with Gasteiger partial charge < -0.3 is 10.7 Å². The van der Waals surface area contributed by atoms with Crippen LogP contribution in [0.5, 0.6) is 0 Å². The number of hydrogen-bond donors (Lipinski definition) is 2. The van der Waals surface area contributed by atoms with Crippen LogP contribution in [0.4, 0.5) is 0 Å². The van der Waals surface area contributed by atoms with Crippen LogP contribution in [0.15, 0.2) is 48.1 Å². The summed E-state index contributed by atoms with van der Waals surface area (Å²) in [5.74, 6) is 2.04. The molecule has 0 saturated carbocycles. The molecule has 3 rings (SSSR count). The largest absolute Gasteiger partial charge is 0.400 e. The maximum absolute atomic E-state index is 5.73. The zero-order chi connectivity index (χ0) is 10.3. The Hall–Kier alpha value is -1.90. The van der Waals surface area contributed by atoms with Crippen LogP contribution < -0.4 is 5.73 Å². The second-order valence-corrected chi connectivity index (χ2v) is 3.85. The molecule has 0 atom stereocenters. The fourth-order valence-electron chi connectivity index (χ4n) is 1.98. The number of nitrogens with two attached hydrogens (primary N) is 1. The fraction of sp³-hybridized carbons (Fsp3) is 0. The topological polar surface area (TPSA) is 41.8 Å². The van der Waals surface area contributed by atoms with Gasteiger partial charge in [0.2, 0.25) is 0 Å². The van der Waals surface area contributed by atoms with Gasteiger partial charge in [-0.05, 0) is 23.6 Å². The molecule has 0 fully saturated rings. The zero-order valence-corrected chi connectivity index (χ0v) is 8.33. The van der Waals surface area contributed by atoms with E-state index in [1.54, 1.807) is 0 Å². The van der Waals surface area contributed by atoms with Crippen molar-refractivity contribution in [2.24, 2.45) is 5.73 Å². The summed E-state index contributed by atoms with van der Waals surface area (Å²) >= 11 is 0. The second-order valence-electron chi connectivity index (χ2n) is 3.85. The molecule has 0 unspecified atom stereocenters. The van der Waals surface area contributed by atoms with Crippen LogP contribution in [0.25, 0.3) is 16.4 Å². The Kier molecular flexibility index (Phi) is 1.71. The molecule has 0 aliphatic carbocycles. The lowest BCUT2D eigenvalue weighted by Crippen LogP contribution is -1.88. The molecule has 1 aromatic heterocycles. The first kappa shape index (κ1) is 8.42. The number of H-pyrrole nitrogens is 1. The summed E-state index contributed by atoms with van der Waals surface area (Å²) in [5, 5.41) is 1.25. The van der Waals surface area contributed by atoms with E-state index in [0.29, 0.717) is 0 Å². The molecule has 2 nitrogen and oxygen atoms in total. The number of rotatable bonds is 1. The summed E-state index contributed by atoms with van der Waals surface area (Å²) in [5.41, 5.74) is 10.2. The summed E-state index contributed by atoms with van der Waals surface area (Å²) in [6.45, 7) is 0. The number of aromatic nitrogens is 1. The van der Waals surface area contributed by atoms with E-state index in [2.05, 4.69) is 29.2 Å². The number of aromatic amines is 1. The number of hydrogen-bond acceptors (Lipinski definition) is 1. The predicted octanol–water partition coefficient (Wildman–Crippen LogP) is 1.76. The average Bonchev–Trinajstić information content (AvgIpc) is 2.82. The van der Waals surface area contributed by atoms with Crippen molar-refractivity contribution in [1.29, 1.82) is 0 Å². The predicted molar refractivity (Wildman–Crippen MR) is 65.7 cm³/mol. The summed E-state index contributed by atoms with van der Waals surface area (Å²) in [4.78, 5) is 3.40. The maximum Gasteiger partial charge on any atom is 0.188 e. The van der Waals surface area contributed by atoms with Gasteiger partial charge in [0.1, 0.15) is 0 Å². The van der Waals surface area contributed by atoms with Crippen LogP contribution >= 0.6 is 0 Å². The smallest absolute Gasteiger partial charge is 0.188 e. The van der Waals surface area contributed by atoms with Crippen molar-refractivity contribution in [3.8, 4) is 0 Å². The average molecular weight is 194 g/mol. The lowest BCUT2D eigenvalue weighted by molar-refractivity contribution is 1.41. The van der Waals surface area contributed by atoms with Crippen LogP contribution in [0.2, 0.25) is 0 Å². The van der Waals surface area contributed by atoms with Crippen molar-refractivity contribution in [2.75, 3.05) is 0 Å². The standard InChI is InChI=1S/C12H11BN2/c14-9-6-10(13-7-9)12-5-8-3-1-2-4-11(8)15-12/h1-7,13,15H,14H2. The second kappa shape index (κ2) is 3.06. The quantitative estimate of drug-likeness (QED) is 0.667. The maximum atomic E-state index is 5.73. The van der Waals surface area contributed by atoms with Gasteiger partial charge in [0.15, 0.2) is 7.28 Å². The Morgan fingerprint density at radius 2 is 2.07 bits per heavy atom. The third-order valence-electron chi connectivity index (χ3n) is 2.77. The van der Waals surface area contributed by atoms with Crippen LogP contribution in [0.3, 0.4) is 0 Å². The first-order chi connectivity index (χ1) is 7.33. The van der Waals surface area contributed by atoms with Gasteiger partial charge in [-0.3, -0.25) is 0 Å². The molecule has 3 heteroatoms. The van der Waals surface area contributed by atoms with Crippen molar-refractivity contribution in [1.82, 2.24) is 4.98 Å². The van der Waals surface area contributed by atoms with Gasteiger partial charge in [0.05, 0.1) is 0 Å². The van der Waals surface area contributed by atoms with E-state index in [9.17, 15) is 0 Å². The molecule has 72 valence electrons. The highest BCUT2D eigenvalue weighted by molar-refractivity contribution is 6.67. The molecule has 1 aromatic carbocycles. The van der Waals surface area contributed by atoms with Crippen molar-refractivity contribution in [3.63, 3.8) is 0 Å². The van der Waals surface area contributed by atoms with Gasteiger partial charge in [-0.1, -0.05) is 29.6 Å². The van der Waals surface area contributed by atoms with E-state index in [-0.39, 0.29) is 0 Å². The molecular weight excluding hydrogens is 183 g/mol. The van der Waals surface area contributed by atoms with Crippen LogP contribution in [-0.2, 0) is 0 Å². The Labute approximate surface area is 88.7 Å². The Morgan fingerprint density at radius 3 is 2.80 bits per heavy atom. The number of para-hydroxylation sites is 1. The van der Waals surface area contributed by atoms with E-state index in [0.717, 1.165) is 13.0 Å². The number of fused-ring (bicyclic) bond motifs is 1. The molecule has 15 heavy (non-hydrogen) atoms. The summed E-state index contributed by atoms with van der Waals surface area (Å²) < 4.78 is 0. The lowest BCUT2D eigenvalue weighted by Gasteiger charge is -1.94. The number of allylic oxidation sites excluding steroid dienone is 1. The Bertz CT molecular complexity index is 545. The van der Waals surface area contributed by atoms with Crippen molar-refractivity contribution in [3.05, 3.63) is 53.8 Å². The molecule has 3 N–H and O–H groups in total. The third-order valence-corrected chi connectivity index (χ3v) is 2.77. The van der Waals surface area contributed by atoms with Gasteiger partial charge in [0.25, 0.3) is 0 Å². The molecule has 0 spiro atoms. The van der Waals surface area contributed by atoms with E-state index in [1.165, 1.54) is 22.1 Å². The van der Waals surface area contributed by atoms with Gasteiger partial charge in [-0.2, -0.15) is 0 Å². The molecule has 0 bridgehead atoms. The molecule has 0 radical (unpaired) electrons.